The van der Waals surface area contributed by atoms with Crippen LogP contribution in [-0.2, 0) is 9.59 Å². The average molecular weight is 314 g/mol. The van der Waals surface area contributed by atoms with E-state index in [1.807, 2.05) is 0 Å². The molecule has 1 N–H and O–H groups in total. The van der Waals surface area contributed by atoms with Crippen LogP contribution < -0.4 is 4.74 Å². The Kier molecular flexibility index (Phi) is 6.03. The van der Waals surface area contributed by atoms with Crippen molar-refractivity contribution in [2.45, 2.75) is 32.7 Å². The molecule has 0 bridgehead atoms. The fraction of sp³-hybridized carbons (Fsp3) is 0.467. The van der Waals surface area contributed by atoms with E-state index < -0.39 is 11.5 Å². The number of amides is 1. The van der Waals surface area contributed by atoms with Gasteiger partial charge in [0.05, 0.1) is 18.1 Å². The number of carbonyl (C=O) groups is 2. The van der Waals surface area contributed by atoms with E-state index in [2.05, 4.69) is 0 Å². The quantitative estimate of drug-likeness (QED) is 0.840. The van der Waals surface area contributed by atoms with Crippen molar-refractivity contribution in [3.05, 3.63) is 29.3 Å². The number of rotatable bonds is 7. The van der Waals surface area contributed by atoms with Gasteiger partial charge in [-0.3, -0.25) is 4.79 Å². The first-order valence-electron chi connectivity index (χ1n) is 6.72. The summed E-state index contributed by atoms with van der Waals surface area (Å²) in [6.45, 7) is 5.23. The summed E-state index contributed by atoms with van der Waals surface area (Å²) in [6, 6.07) is 6.99. The minimum atomic E-state index is -1.24. The molecule has 1 rings (SSSR count). The number of carboxylic acid groups (broad SMARTS) is 1. The zero-order chi connectivity index (χ0) is 16.0. The molecular formula is C15H20ClNO4. The van der Waals surface area contributed by atoms with Crippen molar-refractivity contribution in [1.82, 2.24) is 4.90 Å². The van der Waals surface area contributed by atoms with Crippen LogP contribution in [0, 0.1) is 0 Å². The fourth-order valence-corrected chi connectivity index (χ4v) is 2.13. The molecule has 21 heavy (non-hydrogen) atoms. The number of hydrogen-bond acceptors (Lipinski definition) is 3. The largest absolute Gasteiger partial charge is 0.491 e. The summed E-state index contributed by atoms with van der Waals surface area (Å²) >= 11 is 5.95. The van der Waals surface area contributed by atoms with Crippen LogP contribution in [0.15, 0.2) is 24.3 Å². The summed E-state index contributed by atoms with van der Waals surface area (Å²) < 4.78 is 5.45. The minimum absolute atomic E-state index is 0.0930. The first kappa shape index (κ1) is 17.3. The normalized spacial score (nSPS) is 11.0. The van der Waals surface area contributed by atoms with Gasteiger partial charge in [-0.05, 0) is 32.9 Å². The highest BCUT2D eigenvalue weighted by molar-refractivity contribution is 6.32. The lowest BCUT2D eigenvalue weighted by Crippen LogP contribution is -2.53. The number of halogens is 1. The lowest BCUT2D eigenvalue weighted by molar-refractivity contribution is -0.156. The van der Waals surface area contributed by atoms with Crippen molar-refractivity contribution in [3.63, 3.8) is 0 Å². The molecule has 0 unspecified atom stereocenters. The molecule has 1 aromatic rings. The molecule has 0 atom stereocenters. The molecule has 5 nitrogen and oxygen atoms in total. The van der Waals surface area contributed by atoms with E-state index in [0.717, 1.165) is 0 Å². The summed E-state index contributed by atoms with van der Waals surface area (Å²) in [6.07, 6.45) is 0.0930. The standard InChI is InChI=1S/C15H20ClNO4/c1-4-17(15(2,3)14(19)20)13(18)9-10-21-12-8-6-5-7-11(12)16/h5-8H,4,9-10H2,1-3H3,(H,19,20). The lowest BCUT2D eigenvalue weighted by Gasteiger charge is -2.34. The van der Waals surface area contributed by atoms with Crippen LogP contribution >= 0.6 is 11.6 Å². The van der Waals surface area contributed by atoms with Crippen LogP contribution in [0.2, 0.25) is 5.02 Å². The SMILES string of the molecule is CCN(C(=O)CCOc1ccccc1Cl)C(C)(C)C(=O)O. The third kappa shape index (κ3) is 4.36. The van der Waals surface area contributed by atoms with Crippen molar-refractivity contribution in [2.24, 2.45) is 0 Å². The van der Waals surface area contributed by atoms with Crippen molar-refractivity contribution in [1.29, 1.82) is 0 Å². The van der Waals surface area contributed by atoms with Gasteiger partial charge in [0.25, 0.3) is 0 Å². The number of hydrogen-bond donors (Lipinski definition) is 1. The maximum atomic E-state index is 12.2. The fourth-order valence-electron chi connectivity index (χ4n) is 1.94. The second-order valence-corrected chi connectivity index (χ2v) is 5.44. The van der Waals surface area contributed by atoms with Crippen LogP contribution in [0.4, 0.5) is 0 Å². The van der Waals surface area contributed by atoms with E-state index in [1.54, 1.807) is 31.2 Å². The van der Waals surface area contributed by atoms with Crippen molar-refractivity contribution in [3.8, 4) is 5.75 Å². The lowest BCUT2D eigenvalue weighted by atomic mass is 10.0. The summed E-state index contributed by atoms with van der Waals surface area (Å²) in [5.41, 5.74) is -1.24. The van der Waals surface area contributed by atoms with Gasteiger partial charge in [-0.1, -0.05) is 23.7 Å². The molecule has 0 heterocycles. The second-order valence-electron chi connectivity index (χ2n) is 5.03. The van der Waals surface area contributed by atoms with Crippen molar-refractivity contribution in [2.75, 3.05) is 13.2 Å². The van der Waals surface area contributed by atoms with E-state index in [-0.39, 0.29) is 18.9 Å². The number of ether oxygens (including phenoxy) is 1. The Morgan fingerprint density at radius 2 is 1.95 bits per heavy atom. The van der Waals surface area contributed by atoms with Gasteiger partial charge in [0.2, 0.25) is 5.91 Å². The number of para-hydroxylation sites is 1. The van der Waals surface area contributed by atoms with E-state index in [0.29, 0.717) is 17.3 Å². The molecule has 0 saturated carbocycles. The zero-order valence-corrected chi connectivity index (χ0v) is 13.2. The molecule has 0 aliphatic rings. The first-order valence-corrected chi connectivity index (χ1v) is 7.09. The van der Waals surface area contributed by atoms with E-state index in [1.165, 1.54) is 18.7 Å². The van der Waals surface area contributed by atoms with Crippen molar-refractivity contribution < 1.29 is 19.4 Å². The highest BCUT2D eigenvalue weighted by Gasteiger charge is 2.36. The van der Waals surface area contributed by atoms with Crippen LogP contribution in [0.3, 0.4) is 0 Å². The highest BCUT2D eigenvalue weighted by Crippen LogP contribution is 2.23. The predicted octanol–water partition coefficient (Wildman–Crippen LogP) is 2.82. The van der Waals surface area contributed by atoms with Gasteiger partial charge in [-0.2, -0.15) is 0 Å². The van der Waals surface area contributed by atoms with Gasteiger partial charge < -0.3 is 14.7 Å². The van der Waals surface area contributed by atoms with Gasteiger partial charge >= 0.3 is 5.97 Å². The molecule has 0 aliphatic heterocycles. The molecule has 0 spiro atoms. The molecule has 0 radical (unpaired) electrons. The van der Waals surface area contributed by atoms with Crippen LogP contribution in [0.5, 0.6) is 5.75 Å². The number of benzene rings is 1. The molecule has 0 aromatic heterocycles. The number of likely N-dealkylation sites (N-methyl/N-ethyl adjacent to an activating group) is 1. The maximum absolute atomic E-state index is 12.2. The molecule has 1 aromatic carbocycles. The summed E-state index contributed by atoms with van der Waals surface area (Å²) in [7, 11) is 0. The summed E-state index contributed by atoms with van der Waals surface area (Å²) in [5.74, 6) is -0.797. The van der Waals surface area contributed by atoms with E-state index >= 15 is 0 Å². The Hall–Kier alpha value is -1.75. The Labute approximate surface area is 129 Å². The topological polar surface area (TPSA) is 66.8 Å². The smallest absolute Gasteiger partial charge is 0.329 e. The number of nitrogens with zero attached hydrogens (tertiary/aromatic N) is 1. The summed E-state index contributed by atoms with van der Waals surface area (Å²) in [4.78, 5) is 24.7. The minimum Gasteiger partial charge on any atom is -0.491 e. The highest BCUT2D eigenvalue weighted by atomic mass is 35.5. The average Bonchev–Trinajstić information content (AvgIpc) is 2.41. The van der Waals surface area contributed by atoms with Gasteiger partial charge in [0.1, 0.15) is 11.3 Å². The predicted molar refractivity (Wildman–Crippen MR) is 80.7 cm³/mol. The Morgan fingerprint density at radius 1 is 1.33 bits per heavy atom. The van der Waals surface area contributed by atoms with E-state index in [9.17, 15) is 14.7 Å². The Morgan fingerprint density at radius 3 is 2.48 bits per heavy atom. The number of aliphatic carboxylic acids is 1. The summed E-state index contributed by atoms with van der Waals surface area (Å²) in [5, 5.41) is 9.66. The molecule has 0 fully saturated rings. The monoisotopic (exact) mass is 313 g/mol. The van der Waals surface area contributed by atoms with E-state index in [4.69, 9.17) is 16.3 Å². The Bertz CT molecular complexity index is 516. The Balaban J connectivity index is 2.60. The maximum Gasteiger partial charge on any atom is 0.329 e. The third-order valence-corrected chi connectivity index (χ3v) is 3.54. The molecule has 0 saturated heterocycles. The van der Waals surface area contributed by atoms with Crippen LogP contribution in [0.1, 0.15) is 27.2 Å². The van der Waals surface area contributed by atoms with Gasteiger partial charge in [0.15, 0.2) is 0 Å². The van der Waals surface area contributed by atoms with Crippen LogP contribution in [-0.4, -0.2) is 40.6 Å². The molecule has 116 valence electrons. The molecule has 6 heteroatoms. The van der Waals surface area contributed by atoms with Crippen molar-refractivity contribution >= 4 is 23.5 Å². The molecule has 0 aliphatic carbocycles. The third-order valence-electron chi connectivity index (χ3n) is 3.23. The van der Waals surface area contributed by atoms with Gasteiger partial charge in [-0.25, -0.2) is 4.79 Å². The second kappa shape index (κ2) is 7.31. The van der Waals surface area contributed by atoms with Gasteiger partial charge in [0, 0.05) is 6.54 Å². The zero-order valence-electron chi connectivity index (χ0n) is 12.4. The first-order chi connectivity index (χ1) is 9.80. The molecule has 1 amide bonds. The number of carboxylic acids is 1. The van der Waals surface area contributed by atoms with Crippen LogP contribution in [0.25, 0.3) is 0 Å². The molecular weight excluding hydrogens is 294 g/mol. The number of carbonyl (C=O) groups excluding carboxylic acids is 1. The van der Waals surface area contributed by atoms with Gasteiger partial charge in [-0.15, -0.1) is 0 Å².